The zero-order chi connectivity index (χ0) is 14.1. The summed E-state index contributed by atoms with van der Waals surface area (Å²) in [5.74, 6) is -1.03. The molecule has 1 amide bonds. The fraction of sp³-hybridized carbons (Fsp3) is 0.615. The van der Waals surface area contributed by atoms with Crippen molar-refractivity contribution in [3.05, 3.63) is 17.7 Å². The summed E-state index contributed by atoms with van der Waals surface area (Å²) in [5, 5.41) is 12.4. The molecule has 108 valence electrons. The summed E-state index contributed by atoms with van der Waals surface area (Å²) in [6.07, 6.45) is 4.42. The molecule has 1 fully saturated rings. The number of nitrogens with zero attached hydrogens (tertiary/aromatic N) is 2. The van der Waals surface area contributed by atoms with Gasteiger partial charge >= 0.3 is 5.97 Å². The number of imidazole rings is 1. The fourth-order valence-electron chi connectivity index (χ4n) is 3.00. The van der Waals surface area contributed by atoms with E-state index in [9.17, 15) is 14.7 Å². The smallest absolute Gasteiger partial charge is 0.326 e. The lowest BCUT2D eigenvalue weighted by Gasteiger charge is -2.36. The molecule has 2 aliphatic heterocycles. The normalized spacial score (nSPS) is 26.1. The van der Waals surface area contributed by atoms with Crippen LogP contribution in [0.4, 0.5) is 0 Å². The Hall–Kier alpha value is -1.89. The summed E-state index contributed by atoms with van der Waals surface area (Å²) in [5.41, 5.74) is 1.90. The largest absolute Gasteiger partial charge is 0.480 e. The zero-order valence-electron chi connectivity index (χ0n) is 11.1. The maximum atomic E-state index is 12.6. The van der Waals surface area contributed by atoms with Crippen molar-refractivity contribution in [3.8, 4) is 0 Å². The number of aliphatic carboxylic acids is 1. The van der Waals surface area contributed by atoms with Gasteiger partial charge in [0, 0.05) is 19.5 Å². The van der Waals surface area contributed by atoms with Crippen molar-refractivity contribution in [1.29, 1.82) is 0 Å². The summed E-state index contributed by atoms with van der Waals surface area (Å²) in [7, 11) is 0. The number of likely N-dealkylation sites (tertiary alicyclic amines) is 1. The van der Waals surface area contributed by atoms with Gasteiger partial charge in [0.1, 0.15) is 6.04 Å². The summed E-state index contributed by atoms with van der Waals surface area (Å²) < 4.78 is 0. The number of nitrogens with one attached hydrogen (secondary N) is 2. The molecule has 0 aromatic carbocycles. The van der Waals surface area contributed by atoms with Crippen molar-refractivity contribution in [1.82, 2.24) is 20.2 Å². The summed E-state index contributed by atoms with van der Waals surface area (Å²) in [6.45, 7) is 1.10. The van der Waals surface area contributed by atoms with Crippen LogP contribution in [0.3, 0.4) is 0 Å². The molecule has 3 heterocycles. The predicted octanol–water partition coefficient (Wildman–Crippen LogP) is -0.110. The van der Waals surface area contributed by atoms with E-state index in [2.05, 4.69) is 15.3 Å². The van der Waals surface area contributed by atoms with Gasteiger partial charge in [0.15, 0.2) is 0 Å². The molecule has 1 saturated heterocycles. The molecule has 1 aromatic rings. The van der Waals surface area contributed by atoms with Crippen LogP contribution >= 0.6 is 0 Å². The number of fused-ring (bicyclic) bond motifs is 1. The Kier molecular flexibility index (Phi) is 3.43. The van der Waals surface area contributed by atoms with Gasteiger partial charge in [-0.05, 0) is 19.3 Å². The molecule has 1 unspecified atom stereocenters. The molecule has 7 nitrogen and oxygen atoms in total. The van der Waals surface area contributed by atoms with Crippen LogP contribution < -0.4 is 5.32 Å². The zero-order valence-corrected chi connectivity index (χ0v) is 11.1. The monoisotopic (exact) mass is 278 g/mol. The number of hydrogen-bond acceptors (Lipinski definition) is 4. The topological polar surface area (TPSA) is 98.3 Å². The molecule has 2 atom stereocenters. The molecule has 0 spiro atoms. The van der Waals surface area contributed by atoms with E-state index < -0.39 is 12.0 Å². The van der Waals surface area contributed by atoms with Crippen LogP contribution in [0.1, 0.15) is 30.7 Å². The average Bonchev–Trinajstić information content (AvgIpc) is 2.93. The molecule has 3 rings (SSSR count). The molecule has 20 heavy (non-hydrogen) atoms. The third-order valence-electron chi connectivity index (χ3n) is 4.10. The molecule has 2 aliphatic rings. The van der Waals surface area contributed by atoms with Crippen LogP contribution in [0, 0.1) is 0 Å². The van der Waals surface area contributed by atoms with Gasteiger partial charge in [0.2, 0.25) is 5.91 Å². The van der Waals surface area contributed by atoms with Crippen molar-refractivity contribution in [3.63, 3.8) is 0 Å². The van der Waals surface area contributed by atoms with Crippen LogP contribution in [-0.2, 0) is 22.6 Å². The second-order valence-corrected chi connectivity index (χ2v) is 5.35. The highest BCUT2D eigenvalue weighted by Crippen LogP contribution is 2.21. The Balaban J connectivity index is 1.73. The number of H-pyrrole nitrogens is 1. The number of carboxylic acid groups (broad SMARTS) is 1. The summed E-state index contributed by atoms with van der Waals surface area (Å²) >= 11 is 0. The van der Waals surface area contributed by atoms with Crippen molar-refractivity contribution < 1.29 is 14.7 Å². The molecular weight excluding hydrogens is 260 g/mol. The van der Waals surface area contributed by atoms with E-state index in [-0.39, 0.29) is 11.9 Å². The number of carbonyl (C=O) groups is 2. The first-order chi connectivity index (χ1) is 9.66. The summed E-state index contributed by atoms with van der Waals surface area (Å²) in [4.78, 5) is 32.6. The van der Waals surface area contributed by atoms with Gasteiger partial charge in [-0.2, -0.15) is 0 Å². The Morgan fingerprint density at radius 1 is 1.40 bits per heavy atom. The highest BCUT2D eigenvalue weighted by molar-refractivity contribution is 5.87. The molecule has 0 saturated carbocycles. The van der Waals surface area contributed by atoms with Gasteiger partial charge in [-0.3, -0.25) is 10.1 Å². The highest BCUT2D eigenvalue weighted by atomic mass is 16.4. The number of carbonyl (C=O) groups excluding carboxylic acids is 1. The van der Waals surface area contributed by atoms with Gasteiger partial charge in [-0.25, -0.2) is 9.78 Å². The average molecular weight is 278 g/mol. The number of amides is 1. The van der Waals surface area contributed by atoms with E-state index >= 15 is 0 Å². The number of aromatic amines is 1. The second kappa shape index (κ2) is 5.24. The van der Waals surface area contributed by atoms with Crippen LogP contribution in [0.2, 0.25) is 0 Å². The van der Waals surface area contributed by atoms with E-state index in [0.29, 0.717) is 25.9 Å². The molecule has 1 aromatic heterocycles. The fourth-order valence-corrected chi connectivity index (χ4v) is 3.00. The van der Waals surface area contributed by atoms with E-state index in [1.165, 1.54) is 4.90 Å². The minimum atomic E-state index is -0.908. The van der Waals surface area contributed by atoms with Crippen molar-refractivity contribution in [2.75, 3.05) is 6.54 Å². The SMILES string of the molecule is O=C(O)[C@@H]1CCCCN1C(=O)C1Cc2nc[nH]c2CN1. The first-order valence-electron chi connectivity index (χ1n) is 6.94. The lowest BCUT2D eigenvalue weighted by molar-refractivity contribution is -0.153. The van der Waals surface area contributed by atoms with Crippen LogP contribution in [-0.4, -0.2) is 50.5 Å². The predicted molar refractivity (Wildman–Crippen MR) is 69.9 cm³/mol. The van der Waals surface area contributed by atoms with E-state index in [4.69, 9.17) is 0 Å². The maximum absolute atomic E-state index is 12.6. The maximum Gasteiger partial charge on any atom is 0.326 e. The number of carboxylic acids is 1. The lowest BCUT2D eigenvalue weighted by atomic mass is 9.98. The van der Waals surface area contributed by atoms with Crippen LogP contribution in [0.25, 0.3) is 0 Å². The number of rotatable bonds is 2. The quantitative estimate of drug-likeness (QED) is 0.701. The Labute approximate surface area is 116 Å². The molecule has 7 heteroatoms. The Bertz CT molecular complexity index is 527. The highest BCUT2D eigenvalue weighted by Gasteiger charge is 2.36. The van der Waals surface area contributed by atoms with Crippen LogP contribution in [0.5, 0.6) is 0 Å². The number of aromatic nitrogens is 2. The lowest BCUT2D eigenvalue weighted by Crippen LogP contribution is -2.56. The van der Waals surface area contributed by atoms with Crippen LogP contribution in [0.15, 0.2) is 6.33 Å². The van der Waals surface area contributed by atoms with E-state index in [1.807, 2.05) is 0 Å². The summed E-state index contributed by atoms with van der Waals surface area (Å²) in [6, 6.07) is -1.05. The third-order valence-corrected chi connectivity index (χ3v) is 4.10. The first-order valence-corrected chi connectivity index (χ1v) is 6.94. The molecule has 0 aliphatic carbocycles. The van der Waals surface area contributed by atoms with Crippen molar-refractivity contribution in [2.24, 2.45) is 0 Å². The van der Waals surface area contributed by atoms with E-state index in [0.717, 1.165) is 24.2 Å². The van der Waals surface area contributed by atoms with Crippen molar-refractivity contribution in [2.45, 2.75) is 44.3 Å². The number of piperidine rings is 1. The Morgan fingerprint density at radius 2 is 2.25 bits per heavy atom. The number of hydrogen-bond donors (Lipinski definition) is 3. The van der Waals surface area contributed by atoms with E-state index in [1.54, 1.807) is 6.33 Å². The van der Waals surface area contributed by atoms with Gasteiger partial charge in [0.05, 0.1) is 23.8 Å². The van der Waals surface area contributed by atoms with Gasteiger partial charge in [0.25, 0.3) is 0 Å². The minimum Gasteiger partial charge on any atom is -0.480 e. The van der Waals surface area contributed by atoms with Gasteiger partial charge < -0.3 is 15.0 Å². The molecule has 3 N–H and O–H groups in total. The van der Waals surface area contributed by atoms with Crippen molar-refractivity contribution >= 4 is 11.9 Å². The molecule has 0 radical (unpaired) electrons. The van der Waals surface area contributed by atoms with Gasteiger partial charge in [-0.15, -0.1) is 0 Å². The minimum absolute atomic E-state index is 0.120. The Morgan fingerprint density at radius 3 is 3.05 bits per heavy atom. The molecule has 0 bridgehead atoms. The molecular formula is C13H18N4O3. The van der Waals surface area contributed by atoms with Gasteiger partial charge in [-0.1, -0.05) is 0 Å². The third kappa shape index (κ3) is 2.29. The standard InChI is InChI=1S/C13H18N4O3/c18-12(17-4-2-1-3-11(17)13(19)20)9-5-8-10(6-14-9)16-7-15-8/h7,9,11,14H,1-6H2,(H,15,16)(H,19,20)/t9?,11-/m0/s1. The second-order valence-electron chi connectivity index (χ2n) is 5.35. The first kappa shape index (κ1) is 13.1.